The first-order valence-corrected chi connectivity index (χ1v) is 6.76. The number of para-hydroxylation sites is 1. The van der Waals surface area contributed by atoms with Crippen LogP contribution in [0.2, 0.25) is 5.02 Å². The average molecular weight is 309 g/mol. The van der Waals surface area contributed by atoms with E-state index in [9.17, 15) is 14.5 Å². The van der Waals surface area contributed by atoms with Crippen molar-refractivity contribution in [1.82, 2.24) is 5.32 Å². The monoisotopic (exact) mass is 308 g/mol. The van der Waals surface area contributed by atoms with E-state index in [4.69, 9.17) is 11.6 Å². The molecule has 0 heterocycles. The van der Waals surface area contributed by atoms with Crippen LogP contribution in [0, 0.1) is 15.9 Å². The molecule has 4 nitrogen and oxygen atoms in total. The molecule has 110 valence electrons. The molecule has 0 aromatic heterocycles. The molecule has 1 unspecified atom stereocenters. The standard InChI is InChI=1S/C15H14ClFN2O2/c1-18-13(15-11(16)6-4-7-12(15)17)9-10-5-2-3-8-14(10)19(20)21/h2-8,13,18H,9H2,1H3. The van der Waals surface area contributed by atoms with Gasteiger partial charge in [0.15, 0.2) is 0 Å². The molecule has 2 aromatic carbocycles. The molecule has 2 rings (SSSR count). The Bertz CT molecular complexity index is 644. The van der Waals surface area contributed by atoms with E-state index in [-0.39, 0.29) is 12.1 Å². The maximum atomic E-state index is 14.0. The summed E-state index contributed by atoms with van der Waals surface area (Å²) in [5, 5.41) is 14.3. The third kappa shape index (κ3) is 3.37. The Morgan fingerprint density at radius 1 is 1.29 bits per heavy atom. The van der Waals surface area contributed by atoms with Crippen molar-refractivity contribution in [3.8, 4) is 0 Å². The molecule has 0 aliphatic carbocycles. The predicted octanol–water partition coefficient (Wildman–Crippen LogP) is 3.89. The van der Waals surface area contributed by atoms with Crippen molar-refractivity contribution < 1.29 is 9.31 Å². The lowest BCUT2D eigenvalue weighted by atomic mass is 9.97. The zero-order chi connectivity index (χ0) is 15.4. The van der Waals surface area contributed by atoms with Gasteiger partial charge < -0.3 is 5.32 Å². The molecule has 2 aromatic rings. The van der Waals surface area contributed by atoms with Gasteiger partial charge in [0.05, 0.1) is 4.92 Å². The Labute approximate surface area is 126 Å². The van der Waals surface area contributed by atoms with E-state index in [1.165, 1.54) is 18.2 Å². The third-order valence-corrected chi connectivity index (χ3v) is 3.64. The van der Waals surface area contributed by atoms with Gasteiger partial charge in [0, 0.05) is 28.3 Å². The molecule has 6 heteroatoms. The number of hydrogen-bond donors (Lipinski definition) is 1. The summed E-state index contributed by atoms with van der Waals surface area (Å²) in [6.07, 6.45) is 0.272. The average Bonchev–Trinajstić information content (AvgIpc) is 2.46. The molecule has 1 atom stereocenters. The minimum atomic E-state index is -0.445. The largest absolute Gasteiger partial charge is 0.313 e. The number of rotatable bonds is 5. The van der Waals surface area contributed by atoms with Crippen molar-refractivity contribution in [3.63, 3.8) is 0 Å². The van der Waals surface area contributed by atoms with Crippen LogP contribution in [0.25, 0.3) is 0 Å². The Kier molecular flexibility index (Phi) is 4.88. The summed E-state index contributed by atoms with van der Waals surface area (Å²) in [5.41, 5.74) is 0.867. The second-order valence-corrected chi connectivity index (χ2v) is 4.97. The first kappa shape index (κ1) is 15.4. The lowest BCUT2D eigenvalue weighted by molar-refractivity contribution is -0.385. The number of likely N-dealkylation sites (N-methyl/N-ethyl adjacent to an activating group) is 1. The lowest BCUT2D eigenvalue weighted by Crippen LogP contribution is -2.21. The van der Waals surface area contributed by atoms with E-state index in [1.807, 2.05) is 0 Å². The topological polar surface area (TPSA) is 55.2 Å². The highest BCUT2D eigenvalue weighted by Gasteiger charge is 2.21. The molecule has 0 aliphatic heterocycles. The van der Waals surface area contributed by atoms with Crippen molar-refractivity contribution in [2.24, 2.45) is 0 Å². The van der Waals surface area contributed by atoms with Crippen LogP contribution in [0.1, 0.15) is 17.2 Å². The van der Waals surface area contributed by atoms with Gasteiger partial charge in [-0.3, -0.25) is 10.1 Å². The van der Waals surface area contributed by atoms with Crippen LogP contribution < -0.4 is 5.32 Å². The predicted molar refractivity (Wildman–Crippen MR) is 80.0 cm³/mol. The first-order chi connectivity index (χ1) is 10.0. The van der Waals surface area contributed by atoms with Gasteiger partial charge in [0.25, 0.3) is 5.69 Å². The quantitative estimate of drug-likeness (QED) is 0.673. The fourth-order valence-corrected chi connectivity index (χ4v) is 2.57. The SMILES string of the molecule is CNC(Cc1ccccc1[N+](=O)[O-])c1c(F)cccc1Cl. The van der Waals surface area contributed by atoms with Crippen LogP contribution in [0.3, 0.4) is 0 Å². The molecule has 0 aliphatic rings. The molecule has 0 bridgehead atoms. The number of hydrogen-bond acceptors (Lipinski definition) is 3. The van der Waals surface area contributed by atoms with Crippen LogP contribution in [-0.2, 0) is 6.42 Å². The molecule has 0 fully saturated rings. The van der Waals surface area contributed by atoms with Crippen molar-refractivity contribution in [3.05, 3.63) is 74.5 Å². The summed E-state index contributed by atoms with van der Waals surface area (Å²) in [5.74, 6) is -0.430. The van der Waals surface area contributed by atoms with Crippen LogP contribution in [0.4, 0.5) is 10.1 Å². The molecular weight excluding hydrogens is 295 g/mol. The van der Waals surface area contributed by atoms with E-state index >= 15 is 0 Å². The van der Waals surface area contributed by atoms with Crippen LogP contribution >= 0.6 is 11.6 Å². The number of nitro groups is 1. The van der Waals surface area contributed by atoms with Gasteiger partial charge >= 0.3 is 0 Å². The minimum Gasteiger partial charge on any atom is -0.313 e. The van der Waals surface area contributed by atoms with Gasteiger partial charge in [-0.15, -0.1) is 0 Å². The number of benzene rings is 2. The Hall–Kier alpha value is -1.98. The highest BCUT2D eigenvalue weighted by atomic mass is 35.5. The van der Waals surface area contributed by atoms with E-state index in [0.29, 0.717) is 16.1 Å². The molecule has 1 N–H and O–H groups in total. The van der Waals surface area contributed by atoms with Gasteiger partial charge in [0.1, 0.15) is 5.82 Å². The molecule has 0 radical (unpaired) electrons. The lowest BCUT2D eigenvalue weighted by Gasteiger charge is -2.18. The summed E-state index contributed by atoms with van der Waals surface area (Å²) < 4.78 is 14.0. The zero-order valence-electron chi connectivity index (χ0n) is 11.3. The van der Waals surface area contributed by atoms with E-state index in [1.54, 1.807) is 31.3 Å². The zero-order valence-corrected chi connectivity index (χ0v) is 12.1. The maximum absolute atomic E-state index is 14.0. The van der Waals surface area contributed by atoms with Gasteiger partial charge in [-0.25, -0.2) is 4.39 Å². The smallest absolute Gasteiger partial charge is 0.272 e. The van der Waals surface area contributed by atoms with Gasteiger partial charge in [-0.1, -0.05) is 35.9 Å². The third-order valence-electron chi connectivity index (χ3n) is 3.31. The fraction of sp³-hybridized carbons (Fsp3) is 0.200. The van der Waals surface area contributed by atoms with Gasteiger partial charge in [0.2, 0.25) is 0 Å². The van der Waals surface area contributed by atoms with Crippen molar-refractivity contribution in [1.29, 1.82) is 0 Å². The Morgan fingerprint density at radius 3 is 2.62 bits per heavy atom. The first-order valence-electron chi connectivity index (χ1n) is 6.38. The summed E-state index contributed by atoms with van der Waals surface area (Å²) >= 11 is 6.06. The van der Waals surface area contributed by atoms with Gasteiger partial charge in [-0.2, -0.15) is 0 Å². The number of nitro benzene ring substituents is 1. The molecule has 0 spiro atoms. The minimum absolute atomic E-state index is 0.0187. The summed E-state index contributed by atoms with van der Waals surface area (Å²) in [6, 6.07) is 10.4. The molecule has 0 saturated heterocycles. The fourth-order valence-electron chi connectivity index (χ4n) is 2.27. The Balaban J connectivity index is 2.39. The number of nitrogens with one attached hydrogen (secondary N) is 1. The number of halogens is 2. The van der Waals surface area contributed by atoms with Gasteiger partial charge in [-0.05, 0) is 25.6 Å². The van der Waals surface area contributed by atoms with E-state index in [2.05, 4.69) is 5.32 Å². The van der Waals surface area contributed by atoms with Crippen LogP contribution in [0.5, 0.6) is 0 Å². The summed E-state index contributed by atoms with van der Waals surface area (Å²) in [4.78, 5) is 10.6. The van der Waals surface area contributed by atoms with Crippen LogP contribution in [-0.4, -0.2) is 12.0 Å². The number of nitrogens with zero attached hydrogens (tertiary/aromatic N) is 1. The Morgan fingerprint density at radius 2 is 2.00 bits per heavy atom. The summed E-state index contributed by atoms with van der Waals surface area (Å²) in [7, 11) is 1.67. The normalized spacial score (nSPS) is 12.1. The molecule has 21 heavy (non-hydrogen) atoms. The molecular formula is C15H14ClFN2O2. The summed E-state index contributed by atoms with van der Waals surface area (Å²) in [6.45, 7) is 0. The van der Waals surface area contributed by atoms with Crippen molar-refractivity contribution in [2.75, 3.05) is 7.05 Å². The highest BCUT2D eigenvalue weighted by Crippen LogP contribution is 2.30. The van der Waals surface area contributed by atoms with Crippen molar-refractivity contribution in [2.45, 2.75) is 12.5 Å². The maximum Gasteiger partial charge on any atom is 0.272 e. The van der Waals surface area contributed by atoms with E-state index in [0.717, 1.165) is 0 Å². The highest BCUT2D eigenvalue weighted by molar-refractivity contribution is 6.31. The van der Waals surface area contributed by atoms with E-state index < -0.39 is 16.8 Å². The molecule has 0 amide bonds. The van der Waals surface area contributed by atoms with Crippen LogP contribution in [0.15, 0.2) is 42.5 Å². The van der Waals surface area contributed by atoms with Crippen molar-refractivity contribution >= 4 is 17.3 Å². The second kappa shape index (κ2) is 6.65. The molecule has 0 saturated carbocycles. The second-order valence-electron chi connectivity index (χ2n) is 4.57.